The standard InChI is InChI=1S/C22H26N2/c1-22(2,3)21-13-11-20(12-14-21)17-24(4)15-5-6-18-7-9-19(16-23)10-8-18/h5-14H,15,17H2,1-4H3. The van der Waals surface area contributed by atoms with Gasteiger partial charge in [0.15, 0.2) is 0 Å². The summed E-state index contributed by atoms with van der Waals surface area (Å²) in [6.07, 6.45) is 4.26. The van der Waals surface area contributed by atoms with Crippen LogP contribution in [0.15, 0.2) is 54.6 Å². The van der Waals surface area contributed by atoms with E-state index in [2.05, 4.69) is 75.2 Å². The molecule has 2 aromatic rings. The number of rotatable bonds is 5. The van der Waals surface area contributed by atoms with Crippen LogP contribution in [0.3, 0.4) is 0 Å². The third kappa shape index (κ3) is 5.37. The van der Waals surface area contributed by atoms with Crippen LogP contribution in [0.5, 0.6) is 0 Å². The smallest absolute Gasteiger partial charge is 0.0991 e. The molecule has 0 amide bonds. The highest BCUT2D eigenvalue weighted by Gasteiger charge is 2.12. The van der Waals surface area contributed by atoms with E-state index in [0.29, 0.717) is 5.56 Å². The average Bonchev–Trinajstić information content (AvgIpc) is 2.55. The highest BCUT2D eigenvalue weighted by Crippen LogP contribution is 2.22. The fourth-order valence-electron chi connectivity index (χ4n) is 2.52. The minimum Gasteiger partial charge on any atom is -0.298 e. The van der Waals surface area contributed by atoms with Crippen LogP contribution in [0.2, 0.25) is 0 Å². The lowest BCUT2D eigenvalue weighted by Crippen LogP contribution is -2.18. The molecule has 0 unspecified atom stereocenters. The molecule has 0 aromatic heterocycles. The third-order valence-electron chi connectivity index (χ3n) is 4.04. The summed E-state index contributed by atoms with van der Waals surface area (Å²) >= 11 is 0. The molecule has 2 rings (SSSR count). The molecule has 124 valence electrons. The van der Waals surface area contributed by atoms with Gasteiger partial charge >= 0.3 is 0 Å². The van der Waals surface area contributed by atoms with Crippen LogP contribution < -0.4 is 0 Å². The molecule has 2 heteroatoms. The molecule has 0 aliphatic rings. The Morgan fingerprint density at radius 1 is 1.00 bits per heavy atom. The number of hydrogen-bond acceptors (Lipinski definition) is 2. The summed E-state index contributed by atoms with van der Waals surface area (Å²) < 4.78 is 0. The number of benzene rings is 2. The monoisotopic (exact) mass is 318 g/mol. The first-order valence-electron chi connectivity index (χ1n) is 8.33. The van der Waals surface area contributed by atoms with Gasteiger partial charge in [-0.15, -0.1) is 0 Å². The fraction of sp³-hybridized carbons (Fsp3) is 0.318. The minimum atomic E-state index is 0.203. The molecular formula is C22H26N2. The third-order valence-corrected chi connectivity index (χ3v) is 4.04. The van der Waals surface area contributed by atoms with Gasteiger partial charge in [-0.1, -0.05) is 69.3 Å². The second-order valence-electron chi connectivity index (χ2n) is 7.28. The van der Waals surface area contributed by atoms with E-state index >= 15 is 0 Å². The van der Waals surface area contributed by atoms with Crippen molar-refractivity contribution in [1.29, 1.82) is 5.26 Å². The van der Waals surface area contributed by atoms with E-state index in [-0.39, 0.29) is 5.41 Å². The Morgan fingerprint density at radius 2 is 1.62 bits per heavy atom. The van der Waals surface area contributed by atoms with Crippen molar-refractivity contribution < 1.29 is 0 Å². The molecule has 0 bridgehead atoms. The molecule has 0 saturated heterocycles. The van der Waals surface area contributed by atoms with Crippen LogP contribution in [0.4, 0.5) is 0 Å². The van der Waals surface area contributed by atoms with Crippen molar-refractivity contribution in [3.05, 3.63) is 76.9 Å². The topological polar surface area (TPSA) is 27.0 Å². The predicted molar refractivity (Wildman–Crippen MR) is 102 cm³/mol. The van der Waals surface area contributed by atoms with Gasteiger partial charge in [0.25, 0.3) is 0 Å². The van der Waals surface area contributed by atoms with Crippen molar-refractivity contribution in [3.63, 3.8) is 0 Å². The quantitative estimate of drug-likeness (QED) is 0.775. The lowest BCUT2D eigenvalue weighted by molar-refractivity contribution is 0.364. The summed E-state index contributed by atoms with van der Waals surface area (Å²) in [6.45, 7) is 8.54. The van der Waals surface area contributed by atoms with Crippen LogP contribution >= 0.6 is 0 Å². The first-order chi connectivity index (χ1) is 11.4. The van der Waals surface area contributed by atoms with Crippen molar-refractivity contribution in [2.24, 2.45) is 0 Å². The summed E-state index contributed by atoms with van der Waals surface area (Å²) in [7, 11) is 2.13. The fourth-order valence-corrected chi connectivity index (χ4v) is 2.52. The van der Waals surface area contributed by atoms with Gasteiger partial charge in [0.1, 0.15) is 0 Å². The molecule has 0 radical (unpaired) electrons. The Morgan fingerprint density at radius 3 is 2.17 bits per heavy atom. The summed E-state index contributed by atoms with van der Waals surface area (Å²) in [5.74, 6) is 0. The van der Waals surface area contributed by atoms with Crippen molar-refractivity contribution in [2.75, 3.05) is 13.6 Å². The molecule has 0 aliphatic carbocycles. The number of nitrogens with zero attached hydrogens (tertiary/aromatic N) is 2. The molecule has 2 aromatic carbocycles. The van der Waals surface area contributed by atoms with Crippen LogP contribution in [-0.2, 0) is 12.0 Å². The van der Waals surface area contributed by atoms with Crippen molar-refractivity contribution in [3.8, 4) is 6.07 Å². The Bertz CT molecular complexity index is 711. The Kier molecular flexibility index (Phi) is 5.95. The van der Waals surface area contributed by atoms with Gasteiger partial charge in [0, 0.05) is 13.1 Å². The average molecular weight is 318 g/mol. The van der Waals surface area contributed by atoms with Gasteiger partial charge in [0.2, 0.25) is 0 Å². The normalized spacial score (nSPS) is 11.8. The molecule has 0 fully saturated rings. The Labute approximate surface area is 146 Å². The summed E-state index contributed by atoms with van der Waals surface area (Å²) in [5, 5.41) is 8.80. The molecule has 0 saturated carbocycles. The van der Waals surface area contributed by atoms with E-state index in [4.69, 9.17) is 5.26 Å². The van der Waals surface area contributed by atoms with E-state index < -0.39 is 0 Å². The van der Waals surface area contributed by atoms with E-state index in [1.807, 2.05) is 24.3 Å². The van der Waals surface area contributed by atoms with Crippen LogP contribution in [0, 0.1) is 11.3 Å². The molecule has 0 N–H and O–H groups in total. The van der Waals surface area contributed by atoms with Crippen molar-refractivity contribution in [2.45, 2.75) is 32.7 Å². The molecule has 0 atom stereocenters. The highest BCUT2D eigenvalue weighted by atomic mass is 15.1. The lowest BCUT2D eigenvalue weighted by atomic mass is 9.87. The maximum atomic E-state index is 8.80. The van der Waals surface area contributed by atoms with Gasteiger partial charge in [-0.05, 0) is 41.3 Å². The number of likely N-dealkylation sites (N-methyl/N-ethyl adjacent to an activating group) is 1. The maximum Gasteiger partial charge on any atom is 0.0991 e. The van der Waals surface area contributed by atoms with Gasteiger partial charge in [0.05, 0.1) is 11.6 Å². The van der Waals surface area contributed by atoms with Crippen molar-refractivity contribution >= 4 is 6.08 Å². The van der Waals surface area contributed by atoms with E-state index in [0.717, 1.165) is 18.7 Å². The zero-order valence-electron chi connectivity index (χ0n) is 15.1. The van der Waals surface area contributed by atoms with Gasteiger partial charge in [-0.25, -0.2) is 0 Å². The summed E-state index contributed by atoms with van der Waals surface area (Å²) in [5.41, 5.74) is 4.72. The first kappa shape index (κ1) is 18.0. The zero-order chi connectivity index (χ0) is 17.6. The SMILES string of the molecule is CN(CC=Cc1ccc(C#N)cc1)Cc1ccc(C(C)(C)C)cc1. The van der Waals surface area contributed by atoms with E-state index in [1.54, 1.807) is 0 Å². The van der Waals surface area contributed by atoms with E-state index in [1.165, 1.54) is 11.1 Å². The molecule has 0 heterocycles. The van der Waals surface area contributed by atoms with Crippen molar-refractivity contribution in [1.82, 2.24) is 4.90 Å². The highest BCUT2D eigenvalue weighted by molar-refractivity contribution is 5.51. The summed E-state index contributed by atoms with van der Waals surface area (Å²) in [4.78, 5) is 2.28. The second kappa shape index (κ2) is 7.95. The molecular weight excluding hydrogens is 292 g/mol. The number of hydrogen-bond donors (Lipinski definition) is 0. The van der Waals surface area contributed by atoms with Gasteiger partial charge < -0.3 is 0 Å². The lowest BCUT2D eigenvalue weighted by Gasteiger charge is -2.20. The van der Waals surface area contributed by atoms with Crippen LogP contribution in [0.25, 0.3) is 6.08 Å². The number of nitriles is 1. The minimum absolute atomic E-state index is 0.203. The zero-order valence-corrected chi connectivity index (χ0v) is 15.1. The summed E-state index contributed by atoms with van der Waals surface area (Å²) in [6, 6.07) is 18.7. The van der Waals surface area contributed by atoms with E-state index in [9.17, 15) is 0 Å². The van der Waals surface area contributed by atoms with Crippen LogP contribution in [-0.4, -0.2) is 18.5 Å². The predicted octanol–water partition coefficient (Wildman–Crippen LogP) is 5.00. The van der Waals surface area contributed by atoms with Crippen LogP contribution in [0.1, 0.15) is 43.0 Å². The maximum absolute atomic E-state index is 8.80. The second-order valence-corrected chi connectivity index (χ2v) is 7.28. The molecule has 0 spiro atoms. The Hall–Kier alpha value is -2.37. The largest absolute Gasteiger partial charge is 0.298 e. The molecule has 0 aliphatic heterocycles. The Balaban J connectivity index is 1.87. The van der Waals surface area contributed by atoms with Gasteiger partial charge in [-0.2, -0.15) is 5.26 Å². The molecule has 24 heavy (non-hydrogen) atoms. The first-order valence-corrected chi connectivity index (χ1v) is 8.33. The molecule has 2 nitrogen and oxygen atoms in total. The van der Waals surface area contributed by atoms with Gasteiger partial charge in [-0.3, -0.25) is 4.90 Å².